The number of carbonyl (C=O) groups excluding carboxylic acids is 1. The number of fused-ring (bicyclic) bond motifs is 3. The minimum Gasteiger partial charge on any atom is -0.496 e. The van der Waals surface area contributed by atoms with Gasteiger partial charge in [-0.2, -0.15) is 18.3 Å². The number of alkyl halides is 3. The van der Waals surface area contributed by atoms with Crippen LogP contribution in [0.25, 0.3) is 33.8 Å². The van der Waals surface area contributed by atoms with Gasteiger partial charge in [0.25, 0.3) is 5.91 Å². The molecule has 0 spiro atoms. The highest BCUT2D eigenvalue weighted by molar-refractivity contribution is 5.96. The molecule has 12 heteroatoms. The van der Waals surface area contributed by atoms with Crippen LogP contribution < -0.4 is 4.74 Å². The van der Waals surface area contributed by atoms with E-state index in [1.807, 2.05) is 24.4 Å². The molecule has 4 aromatic rings. The van der Waals surface area contributed by atoms with Gasteiger partial charge >= 0.3 is 6.18 Å². The number of carbonyl (C=O) groups is 1. The smallest absolute Gasteiger partial charge is 0.416 e. The van der Waals surface area contributed by atoms with Gasteiger partial charge < -0.3 is 19.3 Å². The number of hydrogen-bond donors (Lipinski definition) is 1. The summed E-state index contributed by atoms with van der Waals surface area (Å²) in [4.78, 5) is 19.8. The van der Waals surface area contributed by atoms with Gasteiger partial charge in [0, 0.05) is 43.0 Å². The van der Waals surface area contributed by atoms with Crippen LogP contribution in [0, 0.1) is 5.82 Å². The van der Waals surface area contributed by atoms with Crippen LogP contribution in [0.4, 0.5) is 17.6 Å². The monoisotopic (exact) mass is 583 g/mol. The van der Waals surface area contributed by atoms with E-state index in [9.17, 15) is 27.5 Å². The molecule has 42 heavy (non-hydrogen) atoms. The van der Waals surface area contributed by atoms with Crippen LogP contribution in [-0.2, 0) is 20.0 Å². The Morgan fingerprint density at radius 2 is 1.86 bits per heavy atom. The first-order chi connectivity index (χ1) is 19.9. The number of methoxy groups -OCH3 is 1. The molecule has 1 N–H and O–H groups in total. The molecular weight excluding hydrogens is 554 g/mol. The predicted molar refractivity (Wildman–Crippen MR) is 146 cm³/mol. The lowest BCUT2D eigenvalue weighted by molar-refractivity contribution is -0.232. The van der Waals surface area contributed by atoms with E-state index in [2.05, 4.69) is 5.10 Å². The number of benzene rings is 2. The number of nitrogens with zero attached hydrogens (tertiary/aromatic N) is 5. The van der Waals surface area contributed by atoms with Crippen molar-refractivity contribution in [2.45, 2.75) is 50.6 Å². The van der Waals surface area contributed by atoms with E-state index >= 15 is 0 Å². The fraction of sp³-hybridized carbons (Fsp3) is 0.367. The number of halogens is 4. The second-order valence-corrected chi connectivity index (χ2v) is 11.0. The number of aliphatic hydroxyl groups is 1. The predicted octanol–water partition coefficient (Wildman–Crippen LogP) is 5.24. The molecule has 8 nitrogen and oxygen atoms in total. The van der Waals surface area contributed by atoms with Gasteiger partial charge in [-0.1, -0.05) is 0 Å². The van der Waals surface area contributed by atoms with E-state index in [1.165, 1.54) is 19.1 Å². The number of imidazole rings is 1. The normalized spacial score (nSPS) is 19.0. The third-order valence-electron chi connectivity index (χ3n) is 8.38. The number of likely N-dealkylation sites (tertiary alicyclic amines) is 1. The Hall–Kier alpha value is -4.19. The van der Waals surface area contributed by atoms with Crippen molar-refractivity contribution in [2.24, 2.45) is 7.05 Å². The molecule has 0 radical (unpaired) electrons. The third kappa shape index (κ3) is 4.44. The van der Waals surface area contributed by atoms with E-state index in [4.69, 9.17) is 9.72 Å². The van der Waals surface area contributed by atoms with E-state index in [0.717, 1.165) is 16.0 Å². The van der Waals surface area contributed by atoms with E-state index < -0.39 is 29.5 Å². The molecule has 1 fully saturated rings. The first kappa shape index (κ1) is 28.0. The summed E-state index contributed by atoms with van der Waals surface area (Å²) in [7, 11) is 3.38. The zero-order valence-electron chi connectivity index (χ0n) is 23.2. The highest BCUT2D eigenvalue weighted by Crippen LogP contribution is 2.45. The summed E-state index contributed by atoms with van der Waals surface area (Å²) in [6, 6.07) is 11.4. The Morgan fingerprint density at radius 1 is 1.12 bits per heavy atom. The summed E-state index contributed by atoms with van der Waals surface area (Å²) in [5.41, 5.74) is 2.75. The zero-order chi connectivity index (χ0) is 30.0. The molecule has 2 aromatic heterocycles. The van der Waals surface area contributed by atoms with Crippen LogP contribution in [0.3, 0.4) is 0 Å². The van der Waals surface area contributed by atoms with Crippen molar-refractivity contribution in [3.8, 4) is 39.5 Å². The summed E-state index contributed by atoms with van der Waals surface area (Å²) < 4.78 is 64.0. The molecule has 2 atom stereocenters. The largest absolute Gasteiger partial charge is 0.496 e. The van der Waals surface area contributed by atoms with Gasteiger partial charge in [0.05, 0.1) is 29.7 Å². The molecule has 2 aliphatic heterocycles. The van der Waals surface area contributed by atoms with Crippen molar-refractivity contribution in [3.63, 3.8) is 0 Å². The fourth-order valence-electron chi connectivity index (χ4n) is 6.20. The Bertz CT molecular complexity index is 1680. The summed E-state index contributed by atoms with van der Waals surface area (Å²) in [5, 5.41) is 14.8. The fourth-order valence-corrected chi connectivity index (χ4v) is 6.20. The van der Waals surface area contributed by atoms with Crippen molar-refractivity contribution in [3.05, 3.63) is 65.9 Å². The molecule has 220 valence electrons. The standard InChI is InChI=1S/C30H29F4N5O3/c1-29(28(41)30(32,33)34)11-4-12-39(29)27(40)26-35-24(17-5-7-19(31)8-6-17)25-20-16-21(22-10-13-37(2)36-22)23(42-3)15-18(20)9-14-38(25)26/h5-8,10,13,15-16,28,41H,4,9,11-12,14H2,1-3H3/t28-,29+/m1/s1. The molecule has 4 heterocycles. The van der Waals surface area contributed by atoms with Crippen molar-refractivity contribution >= 4 is 5.91 Å². The Kier molecular flexibility index (Phi) is 6.64. The van der Waals surface area contributed by atoms with E-state index in [1.54, 1.807) is 35.5 Å². The van der Waals surface area contributed by atoms with Crippen molar-refractivity contribution in [1.29, 1.82) is 0 Å². The minimum atomic E-state index is -4.90. The number of aliphatic hydroxyl groups excluding tert-OH is 1. The molecule has 1 amide bonds. The summed E-state index contributed by atoms with van der Waals surface area (Å²) in [6.45, 7) is 1.64. The maximum absolute atomic E-state index is 14.0. The summed E-state index contributed by atoms with van der Waals surface area (Å²) in [5.74, 6) is -0.559. The summed E-state index contributed by atoms with van der Waals surface area (Å²) >= 11 is 0. The lowest BCUT2D eigenvalue weighted by Gasteiger charge is -2.39. The molecule has 0 aliphatic carbocycles. The number of hydrogen-bond acceptors (Lipinski definition) is 5. The first-order valence-electron chi connectivity index (χ1n) is 13.6. The average Bonchev–Trinajstić information content (AvgIpc) is 3.68. The zero-order valence-corrected chi connectivity index (χ0v) is 23.2. The average molecular weight is 584 g/mol. The topological polar surface area (TPSA) is 85.4 Å². The van der Waals surface area contributed by atoms with Gasteiger partial charge in [0.1, 0.15) is 11.6 Å². The highest BCUT2D eigenvalue weighted by Gasteiger charge is 2.56. The SMILES string of the molecule is COc1cc2c(cc1-c1ccn(C)n1)-c1c(-c3ccc(F)cc3)nc(C(=O)N3CCC[C@@]3(C)[C@@H](O)C(F)(F)F)n1CC2. The maximum atomic E-state index is 14.0. The third-order valence-corrected chi connectivity index (χ3v) is 8.38. The minimum absolute atomic E-state index is 0.00609. The molecule has 2 aliphatic rings. The number of rotatable bonds is 5. The molecule has 2 aromatic carbocycles. The quantitative estimate of drug-likeness (QED) is 0.325. The van der Waals surface area contributed by atoms with Crippen LogP contribution in [0.2, 0.25) is 0 Å². The van der Waals surface area contributed by atoms with Crippen LogP contribution >= 0.6 is 0 Å². The van der Waals surface area contributed by atoms with Crippen LogP contribution in [-0.4, -0.2) is 66.7 Å². The van der Waals surface area contributed by atoms with Crippen molar-refractivity contribution in [1.82, 2.24) is 24.2 Å². The van der Waals surface area contributed by atoms with Crippen LogP contribution in [0.5, 0.6) is 5.75 Å². The highest BCUT2D eigenvalue weighted by atomic mass is 19.4. The van der Waals surface area contributed by atoms with Gasteiger partial charge in [0.2, 0.25) is 0 Å². The Morgan fingerprint density at radius 3 is 2.50 bits per heavy atom. The molecule has 0 unspecified atom stereocenters. The number of aryl methyl sites for hydroxylation is 2. The number of ether oxygens (including phenoxy) is 1. The summed E-state index contributed by atoms with van der Waals surface area (Å²) in [6.07, 6.45) is -5.00. The lowest BCUT2D eigenvalue weighted by Crippen LogP contribution is -2.58. The van der Waals surface area contributed by atoms with Crippen LogP contribution in [0.15, 0.2) is 48.7 Å². The second-order valence-electron chi connectivity index (χ2n) is 11.0. The Balaban J connectivity index is 1.54. The molecule has 0 bridgehead atoms. The van der Waals surface area contributed by atoms with E-state index in [-0.39, 0.29) is 18.8 Å². The van der Waals surface area contributed by atoms with Gasteiger partial charge in [-0.25, -0.2) is 9.37 Å². The van der Waals surface area contributed by atoms with Gasteiger partial charge in [-0.05, 0) is 74.2 Å². The van der Waals surface area contributed by atoms with Crippen LogP contribution in [0.1, 0.15) is 35.9 Å². The van der Waals surface area contributed by atoms with Crippen molar-refractivity contribution in [2.75, 3.05) is 13.7 Å². The molecule has 0 saturated carbocycles. The number of amides is 1. The molecule has 6 rings (SSSR count). The second kappa shape index (κ2) is 9.97. The van der Waals surface area contributed by atoms with Gasteiger partial charge in [-0.15, -0.1) is 0 Å². The maximum Gasteiger partial charge on any atom is 0.416 e. The van der Waals surface area contributed by atoms with E-state index in [0.29, 0.717) is 53.3 Å². The molecule has 1 saturated heterocycles. The van der Waals surface area contributed by atoms with Gasteiger partial charge in [0.15, 0.2) is 11.9 Å². The Labute approximate surface area is 239 Å². The van der Waals surface area contributed by atoms with Crippen molar-refractivity contribution < 1.29 is 32.2 Å². The van der Waals surface area contributed by atoms with Gasteiger partial charge in [-0.3, -0.25) is 9.48 Å². The first-order valence-corrected chi connectivity index (χ1v) is 13.6. The number of aromatic nitrogens is 4. The molecular formula is C30H29F4N5O3. The lowest BCUT2D eigenvalue weighted by atomic mass is 9.90.